The molecule has 0 aliphatic carbocycles. The predicted octanol–water partition coefficient (Wildman–Crippen LogP) is 1.13. The average Bonchev–Trinajstić information content (AvgIpc) is 2.16. The van der Waals surface area contributed by atoms with Gasteiger partial charge in [-0.25, -0.2) is 9.18 Å². The molecule has 88 valence electrons. The van der Waals surface area contributed by atoms with Gasteiger partial charge in [-0.3, -0.25) is 0 Å². The van der Waals surface area contributed by atoms with Crippen molar-refractivity contribution < 1.29 is 13.9 Å². The largest absolute Gasteiger partial charge is 0.461 e. The number of hydrogen-bond donors (Lipinski definition) is 1. The fourth-order valence-electron chi connectivity index (χ4n) is 1.10. The zero-order valence-electron chi connectivity index (χ0n) is 9.37. The summed E-state index contributed by atoms with van der Waals surface area (Å²) >= 11 is 0. The number of hydrogen-bond acceptors (Lipinski definition) is 4. The average molecular weight is 226 g/mol. The van der Waals surface area contributed by atoms with Crippen molar-refractivity contribution in [1.82, 2.24) is 4.90 Å². The van der Waals surface area contributed by atoms with Gasteiger partial charge in [0, 0.05) is 12.2 Å². The van der Waals surface area contributed by atoms with Gasteiger partial charge >= 0.3 is 5.97 Å². The molecular formula is C11H15FN2O2. The molecule has 0 aromatic heterocycles. The Morgan fingerprint density at radius 1 is 1.50 bits per heavy atom. The number of ether oxygens (including phenoxy) is 1. The third-order valence-electron chi connectivity index (χ3n) is 1.98. The summed E-state index contributed by atoms with van der Waals surface area (Å²) in [5.41, 5.74) is 5.56. The summed E-state index contributed by atoms with van der Waals surface area (Å²) in [7, 11) is 3.72. The number of halogens is 1. The van der Waals surface area contributed by atoms with Gasteiger partial charge in [0.2, 0.25) is 0 Å². The fraction of sp³-hybridized carbons (Fsp3) is 0.364. The van der Waals surface area contributed by atoms with Gasteiger partial charge in [0.25, 0.3) is 0 Å². The van der Waals surface area contributed by atoms with Gasteiger partial charge in [0.15, 0.2) is 0 Å². The van der Waals surface area contributed by atoms with Crippen molar-refractivity contribution in [3.63, 3.8) is 0 Å². The minimum Gasteiger partial charge on any atom is -0.461 e. The van der Waals surface area contributed by atoms with Crippen molar-refractivity contribution in [2.75, 3.05) is 33.0 Å². The van der Waals surface area contributed by atoms with Crippen molar-refractivity contribution >= 4 is 11.7 Å². The van der Waals surface area contributed by atoms with E-state index in [1.54, 1.807) is 0 Å². The van der Waals surface area contributed by atoms with Gasteiger partial charge in [0.05, 0.1) is 5.56 Å². The maximum Gasteiger partial charge on any atom is 0.341 e. The van der Waals surface area contributed by atoms with E-state index in [-0.39, 0.29) is 17.9 Å². The molecule has 0 heterocycles. The highest BCUT2D eigenvalue weighted by atomic mass is 19.1. The van der Waals surface area contributed by atoms with Gasteiger partial charge in [0.1, 0.15) is 12.4 Å². The zero-order valence-corrected chi connectivity index (χ0v) is 9.37. The van der Waals surface area contributed by atoms with Crippen LogP contribution in [-0.4, -0.2) is 38.1 Å². The number of esters is 1. The van der Waals surface area contributed by atoms with Gasteiger partial charge in [-0.05, 0) is 32.3 Å². The lowest BCUT2D eigenvalue weighted by atomic mass is 10.2. The Balaban J connectivity index is 2.59. The van der Waals surface area contributed by atoms with E-state index in [1.165, 1.54) is 12.1 Å². The summed E-state index contributed by atoms with van der Waals surface area (Å²) in [6.07, 6.45) is 0. The molecule has 0 unspecified atom stereocenters. The van der Waals surface area contributed by atoms with E-state index < -0.39 is 11.8 Å². The number of carbonyl (C=O) groups is 1. The number of carbonyl (C=O) groups excluding carboxylic acids is 1. The second kappa shape index (κ2) is 5.46. The number of rotatable bonds is 4. The first-order valence-corrected chi connectivity index (χ1v) is 4.87. The lowest BCUT2D eigenvalue weighted by Crippen LogP contribution is -2.20. The molecule has 0 radical (unpaired) electrons. The zero-order chi connectivity index (χ0) is 12.1. The Morgan fingerprint density at radius 3 is 2.75 bits per heavy atom. The minimum absolute atomic E-state index is 0.0899. The van der Waals surface area contributed by atoms with Crippen molar-refractivity contribution in [2.24, 2.45) is 0 Å². The molecule has 1 aromatic rings. The molecule has 0 aliphatic heterocycles. The van der Waals surface area contributed by atoms with Crippen molar-refractivity contribution in [2.45, 2.75) is 0 Å². The van der Waals surface area contributed by atoms with Crippen molar-refractivity contribution in [3.05, 3.63) is 29.6 Å². The summed E-state index contributed by atoms with van der Waals surface area (Å²) in [4.78, 5) is 13.3. The molecule has 4 nitrogen and oxygen atoms in total. The molecule has 1 aromatic carbocycles. The van der Waals surface area contributed by atoms with E-state index in [1.807, 2.05) is 19.0 Å². The molecule has 1 rings (SSSR count). The van der Waals surface area contributed by atoms with E-state index in [0.717, 1.165) is 6.07 Å². The normalized spacial score (nSPS) is 10.5. The van der Waals surface area contributed by atoms with Crippen molar-refractivity contribution in [1.29, 1.82) is 0 Å². The summed E-state index contributed by atoms with van der Waals surface area (Å²) < 4.78 is 18.2. The number of likely N-dealkylation sites (N-methyl/N-ethyl adjacent to an activating group) is 1. The molecule has 0 saturated carbocycles. The number of benzene rings is 1. The van der Waals surface area contributed by atoms with Crippen LogP contribution in [0.2, 0.25) is 0 Å². The molecule has 2 N–H and O–H groups in total. The number of anilines is 1. The van der Waals surface area contributed by atoms with Crippen LogP contribution in [0, 0.1) is 5.82 Å². The van der Waals surface area contributed by atoms with Crippen LogP contribution in [0.15, 0.2) is 18.2 Å². The highest BCUT2D eigenvalue weighted by Crippen LogP contribution is 2.12. The standard InChI is InChI=1S/C11H15FN2O2/c1-14(2)5-6-16-11(15)9-4-3-8(13)7-10(9)12/h3-4,7H,5-6,13H2,1-2H3. The first-order chi connectivity index (χ1) is 7.50. The number of nitrogens with two attached hydrogens (primary N) is 1. The van der Waals surface area contributed by atoms with Gasteiger partial charge in [-0.2, -0.15) is 0 Å². The first-order valence-electron chi connectivity index (χ1n) is 4.87. The van der Waals surface area contributed by atoms with E-state index in [0.29, 0.717) is 6.54 Å². The lowest BCUT2D eigenvalue weighted by Gasteiger charge is -2.10. The van der Waals surface area contributed by atoms with Crippen LogP contribution < -0.4 is 5.73 Å². The summed E-state index contributed by atoms with van der Waals surface area (Å²) in [5, 5.41) is 0. The van der Waals surface area contributed by atoms with E-state index in [4.69, 9.17) is 10.5 Å². The summed E-state index contributed by atoms with van der Waals surface area (Å²) in [6.45, 7) is 0.831. The lowest BCUT2D eigenvalue weighted by molar-refractivity contribution is 0.0476. The monoisotopic (exact) mass is 226 g/mol. The van der Waals surface area contributed by atoms with Crippen LogP contribution in [0.4, 0.5) is 10.1 Å². The van der Waals surface area contributed by atoms with Crippen LogP contribution in [0.3, 0.4) is 0 Å². The quantitative estimate of drug-likeness (QED) is 0.617. The Hall–Kier alpha value is -1.62. The smallest absolute Gasteiger partial charge is 0.341 e. The van der Waals surface area contributed by atoms with E-state index in [9.17, 15) is 9.18 Å². The maximum atomic E-state index is 13.3. The van der Waals surface area contributed by atoms with Crippen LogP contribution in [0.25, 0.3) is 0 Å². The fourth-order valence-corrected chi connectivity index (χ4v) is 1.10. The third kappa shape index (κ3) is 3.51. The maximum absolute atomic E-state index is 13.3. The molecule has 5 heteroatoms. The Kier molecular flexibility index (Phi) is 4.25. The topological polar surface area (TPSA) is 55.6 Å². The number of nitrogen functional groups attached to an aromatic ring is 1. The molecule has 0 bridgehead atoms. The Labute approximate surface area is 93.8 Å². The molecule has 0 amide bonds. The van der Waals surface area contributed by atoms with Gasteiger partial charge in [-0.1, -0.05) is 0 Å². The molecule has 0 spiro atoms. The van der Waals surface area contributed by atoms with Gasteiger partial charge in [-0.15, -0.1) is 0 Å². The van der Waals surface area contributed by atoms with E-state index in [2.05, 4.69) is 0 Å². The van der Waals surface area contributed by atoms with Gasteiger partial charge < -0.3 is 15.4 Å². The Bertz CT molecular complexity index is 380. The third-order valence-corrected chi connectivity index (χ3v) is 1.98. The Morgan fingerprint density at radius 2 is 2.19 bits per heavy atom. The summed E-state index contributed by atoms with van der Waals surface area (Å²) in [6, 6.07) is 3.89. The van der Waals surface area contributed by atoms with Crippen LogP contribution in [0.5, 0.6) is 0 Å². The SMILES string of the molecule is CN(C)CCOC(=O)c1ccc(N)cc1F. The van der Waals surface area contributed by atoms with E-state index >= 15 is 0 Å². The van der Waals surface area contributed by atoms with Crippen LogP contribution >= 0.6 is 0 Å². The minimum atomic E-state index is -0.667. The first kappa shape index (κ1) is 12.4. The van der Waals surface area contributed by atoms with Crippen LogP contribution in [0.1, 0.15) is 10.4 Å². The molecule has 0 saturated heterocycles. The summed E-state index contributed by atoms with van der Waals surface area (Å²) in [5.74, 6) is -1.32. The number of nitrogens with zero attached hydrogens (tertiary/aromatic N) is 1. The highest BCUT2D eigenvalue weighted by molar-refractivity contribution is 5.90. The molecule has 0 atom stereocenters. The predicted molar refractivity (Wildman–Crippen MR) is 59.6 cm³/mol. The molecule has 0 aliphatic rings. The highest BCUT2D eigenvalue weighted by Gasteiger charge is 2.12. The second-order valence-electron chi connectivity index (χ2n) is 3.68. The second-order valence-corrected chi connectivity index (χ2v) is 3.68. The van der Waals surface area contributed by atoms with Crippen LogP contribution in [-0.2, 0) is 4.74 Å². The molecular weight excluding hydrogens is 211 g/mol. The molecule has 16 heavy (non-hydrogen) atoms. The van der Waals surface area contributed by atoms with Crippen molar-refractivity contribution in [3.8, 4) is 0 Å². The molecule has 0 fully saturated rings.